The van der Waals surface area contributed by atoms with Crippen LogP contribution in [0.3, 0.4) is 0 Å². The van der Waals surface area contributed by atoms with Gasteiger partial charge in [-0.05, 0) is 13.8 Å². The van der Waals surface area contributed by atoms with Crippen molar-refractivity contribution in [3.63, 3.8) is 0 Å². The van der Waals surface area contributed by atoms with Gasteiger partial charge in [-0.15, -0.1) is 0 Å². The Morgan fingerprint density at radius 3 is 2.33 bits per heavy atom. The van der Waals surface area contributed by atoms with Crippen LogP contribution in [0.1, 0.15) is 13.8 Å². The third kappa shape index (κ3) is 2.31. The summed E-state index contributed by atoms with van der Waals surface area (Å²) < 4.78 is 0. The fourth-order valence-electron chi connectivity index (χ4n) is 0.459. The van der Waals surface area contributed by atoms with Gasteiger partial charge in [-0.1, -0.05) is 12.2 Å². The summed E-state index contributed by atoms with van der Waals surface area (Å²) in [7, 11) is 1.87. The van der Waals surface area contributed by atoms with E-state index >= 15 is 0 Å². The average molecular weight is 126 g/mol. The highest BCUT2D eigenvalue weighted by Gasteiger charge is 2.03. The van der Waals surface area contributed by atoms with Gasteiger partial charge in [0, 0.05) is 13.1 Å². The molecule has 0 unspecified atom stereocenters. The Hall–Kier alpha value is -0.790. The number of nitrogens with zero attached hydrogens (tertiary/aromatic N) is 1. The smallest absolute Gasteiger partial charge is 0.0819 e. The molecular formula is C7H14N2. The first-order valence-corrected chi connectivity index (χ1v) is 2.97. The molecule has 2 heteroatoms. The fraction of sp³-hybridized carbons (Fsp3) is 0.571. The van der Waals surface area contributed by atoms with Crippen molar-refractivity contribution >= 4 is 6.34 Å². The molecule has 1 atom stereocenters. The van der Waals surface area contributed by atoms with E-state index in [9.17, 15) is 0 Å². The topological polar surface area (TPSA) is 27.1 Å². The van der Waals surface area contributed by atoms with E-state index < -0.39 is 0 Å². The number of nitrogens with one attached hydrogen (secondary N) is 1. The van der Waals surface area contributed by atoms with E-state index in [1.165, 1.54) is 6.34 Å². The summed E-state index contributed by atoms with van der Waals surface area (Å²) >= 11 is 0. The molecule has 0 saturated carbocycles. The van der Waals surface area contributed by atoms with Crippen LogP contribution in [0.25, 0.3) is 0 Å². The van der Waals surface area contributed by atoms with Gasteiger partial charge in [0.2, 0.25) is 0 Å². The number of hydrogen-bond acceptors (Lipinski definition) is 1. The maximum Gasteiger partial charge on any atom is 0.0819 e. The van der Waals surface area contributed by atoms with E-state index in [0.29, 0.717) is 0 Å². The molecule has 2 nitrogen and oxygen atoms in total. The van der Waals surface area contributed by atoms with Crippen molar-refractivity contribution in [2.75, 3.05) is 7.05 Å². The van der Waals surface area contributed by atoms with Gasteiger partial charge in [-0.2, -0.15) is 0 Å². The minimum atomic E-state index is 0.280. The van der Waals surface area contributed by atoms with Crippen molar-refractivity contribution < 1.29 is 0 Å². The molecule has 0 radical (unpaired) electrons. The molecule has 0 aliphatic rings. The summed E-state index contributed by atoms with van der Waals surface area (Å²) in [5.74, 6) is 0. The molecule has 0 aromatic heterocycles. The Bertz CT molecular complexity index is 118. The molecule has 0 fully saturated rings. The van der Waals surface area contributed by atoms with Crippen LogP contribution in [0.4, 0.5) is 0 Å². The Morgan fingerprint density at radius 2 is 2.22 bits per heavy atom. The first-order valence-electron chi connectivity index (χ1n) is 2.97. The minimum absolute atomic E-state index is 0.280. The van der Waals surface area contributed by atoms with Gasteiger partial charge in [0.05, 0.1) is 6.34 Å². The fourth-order valence-corrected chi connectivity index (χ4v) is 0.459. The lowest BCUT2D eigenvalue weighted by molar-refractivity contribution is 0.446. The minimum Gasteiger partial charge on any atom is -0.360 e. The van der Waals surface area contributed by atoms with Crippen LogP contribution in [0.5, 0.6) is 0 Å². The summed E-state index contributed by atoms with van der Waals surface area (Å²) in [4.78, 5) is 1.81. The number of hydrogen-bond donors (Lipinski definition) is 1. The van der Waals surface area contributed by atoms with Crippen molar-refractivity contribution in [3.05, 3.63) is 12.2 Å². The largest absolute Gasteiger partial charge is 0.360 e. The molecule has 0 bridgehead atoms. The molecule has 0 aliphatic heterocycles. The zero-order chi connectivity index (χ0) is 7.44. The van der Waals surface area contributed by atoms with Crippen molar-refractivity contribution in [2.24, 2.45) is 0 Å². The van der Waals surface area contributed by atoms with Crippen molar-refractivity contribution in [2.45, 2.75) is 19.9 Å². The van der Waals surface area contributed by atoms with Crippen molar-refractivity contribution in [1.82, 2.24) is 4.90 Å². The van der Waals surface area contributed by atoms with Gasteiger partial charge in [0.1, 0.15) is 0 Å². The van der Waals surface area contributed by atoms with Gasteiger partial charge in [0.15, 0.2) is 0 Å². The lowest BCUT2D eigenvalue weighted by Crippen LogP contribution is -2.27. The molecule has 0 heterocycles. The van der Waals surface area contributed by atoms with E-state index in [2.05, 4.69) is 6.58 Å². The SMILES string of the molecule is C=C(C)[C@@H](C)N(C)C=N. The first-order chi connectivity index (χ1) is 4.09. The highest BCUT2D eigenvalue weighted by atomic mass is 15.1. The molecule has 52 valence electrons. The normalized spacial score (nSPS) is 12.3. The third-order valence-electron chi connectivity index (χ3n) is 1.53. The molecule has 0 aliphatic carbocycles. The highest BCUT2D eigenvalue weighted by Crippen LogP contribution is 2.01. The van der Waals surface area contributed by atoms with Gasteiger partial charge >= 0.3 is 0 Å². The van der Waals surface area contributed by atoms with Crippen molar-refractivity contribution in [1.29, 1.82) is 5.41 Å². The lowest BCUT2D eigenvalue weighted by Gasteiger charge is -2.21. The van der Waals surface area contributed by atoms with Gasteiger partial charge < -0.3 is 4.90 Å². The van der Waals surface area contributed by atoms with Crippen LogP contribution in [0, 0.1) is 5.41 Å². The maximum atomic E-state index is 6.89. The van der Waals surface area contributed by atoms with E-state index in [0.717, 1.165) is 5.57 Å². The van der Waals surface area contributed by atoms with Crippen LogP contribution >= 0.6 is 0 Å². The van der Waals surface area contributed by atoms with Gasteiger partial charge in [-0.3, -0.25) is 5.41 Å². The molecule has 0 saturated heterocycles. The van der Waals surface area contributed by atoms with Gasteiger partial charge in [0.25, 0.3) is 0 Å². The quantitative estimate of drug-likeness (QED) is 0.346. The number of likely N-dealkylation sites (N-methyl/N-ethyl adjacent to an activating group) is 1. The van der Waals surface area contributed by atoms with Crippen LogP contribution in [-0.4, -0.2) is 24.3 Å². The molecule has 9 heavy (non-hydrogen) atoms. The Balaban J connectivity index is 3.86. The van der Waals surface area contributed by atoms with Crippen molar-refractivity contribution in [3.8, 4) is 0 Å². The van der Waals surface area contributed by atoms with E-state index in [1.807, 2.05) is 25.8 Å². The summed E-state index contributed by atoms with van der Waals surface area (Å²) in [5, 5.41) is 6.89. The first kappa shape index (κ1) is 8.21. The monoisotopic (exact) mass is 126 g/mol. The second-order valence-corrected chi connectivity index (χ2v) is 2.32. The van der Waals surface area contributed by atoms with E-state index in [-0.39, 0.29) is 6.04 Å². The predicted octanol–water partition coefficient (Wildman–Crippen LogP) is 1.49. The van der Waals surface area contributed by atoms with Gasteiger partial charge in [-0.25, -0.2) is 0 Å². The van der Waals surface area contributed by atoms with E-state index in [1.54, 1.807) is 0 Å². The van der Waals surface area contributed by atoms with E-state index in [4.69, 9.17) is 5.41 Å². The molecule has 1 N–H and O–H groups in total. The standard InChI is InChI=1S/C7H14N2/c1-6(2)7(3)9(4)5-8/h5,7-8H,1H2,2-4H3/t7-/m1/s1. The average Bonchev–Trinajstić information content (AvgIpc) is 1.84. The zero-order valence-electron chi connectivity index (χ0n) is 6.31. The second-order valence-electron chi connectivity index (χ2n) is 2.32. The summed E-state index contributed by atoms with van der Waals surface area (Å²) in [6, 6.07) is 0.280. The summed E-state index contributed by atoms with van der Waals surface area (Å²) in [6.45, 7) is 7.76. The zero-order valence-corrected chi connectivity index (χ0v) is 6.31. The lowest BCUT2D eigenvalue weighted by atomic mass is 10.2. The Kier molecular flexibility index (Phi) is 2.99. The molecule has 0 amide bonds. The molecule has 0 aromatic rings. The molecule has 0 aromatic carbocycles. The third-order valence-corrected chi connectivity index (χ3v) is 1.53. The van der Waals surface area contributed by atoms with Crippen LogP contribution in [-0.2, 0) is 0 Å². The molecule has 0 spiro atoms. The Morgan fingerprint density at radius 1 is 1.78 bits per heavy atom. The van der Waals surface area contributed by atoms with Crippen LogP contribution in [0.15, 0.2) is 12.2 Å². The highest BCUT2D eigenvalue weighted by molar-refractivity contribution is 5.51. The maximum absolute atomic E-state index is 6.89. The van der Waals surface area contributed by atoms with Crippen LogP contribution in [0.2, 0.25) is 0 Å². The molecule has 0 rings (SSSR count). The van der Waals surface area contributed by atoms with Crippen LogP contribution < -0.4 is 0 Å². The molecular weight excluding hydrogens is 112 g/mol. The summed E-state index contributed by atoms with van der Waals surface area (Å²) in [6.07, 6.45) is 1.30. The predicted molar refractivity (Wildman–Crippen MR) is 40.8 cm³/mol. The summed E-state index contributed by atoms with van der Waals surface area (Å²) in [5.41, 5.74) is 1.08. The Labute approximate surface area is 56.7 Å². The number of rotatable bonds is 3. The second kappa shape index (κ2) is 3.28.